The van der Waals surface area contributed by atoms with Gasteiger partial charge in [-0.2, -0.15) is 0 Å². The van der Waals surface area contributed by atoms with E-state index < -0.39 is 0 Å². The number of carbonyl (C=O) groups is 1. The van der Waals surface area contributed by atoms with Gasteiger partial charge in [0.25, 0.3) is 0 Å². The van der Waals surface area contributed by atoms with E-state index in [2.05, 4.69) is 5.32 Å². The van der Waals surface area contributed by atoms with E-state index in [1.165, 1.54) is 0 Å². The number of hydrogen-bond acceptors (Lipinski definition) is 2. The van der Waals surface area contributed by atoms with Gasteiger partial charge in [-0.05, 0) is 26.0 Å². The van der Waals surface area contributed by atoms with Crippen molar-refractivity contribution in [1.29, 1.82) is 0 Å². The Morgan fingerprint density at radius 1 is 1.39 bits per heavy atom. The summed E-state index contributed by atoms with van der Waals surface area (Å²) < 4.78 is 7.56. The molecule has 2 unspecified atom stereocenters. The van der Waals surface area contributed by atoms with Crippen molar-refractivity contribution in [2.24, 2.45) is 0 Å². The SMILES string of the molecule is CC1OCCN(C(=O)NCCn2cccc2)C1C. The smallest absolute Gasteiger partial charge is 0.317 e. The minimum atomic E-state index is 0.00445. The fourth-order valence-electron chi connectivity index (χ4n) is 2.13. The number of morpholine rings is 1. The monoisotopic (exact) mass is 251 g/mol. The van der Waals surface area contributed by atoms with Crippen LogP contribution in [0.25, 0.3) is 0 Å². The molecule has 2 rings (SSSR count). The minimum Gasteiger partial charge on any atom is -0.375 e. The van der Waals surface area contributed by atoms with Crippen molar-refractivity contribution in [3.05, 3.63) is 24.5 Å². The second kappa shape index (κ2) is 5.91. The topological polar surface area (TPSA) is 46.5 Å². The van der Waals surface area contributed by atoms with Crippen LogP contribution >= 0.6 is 0 Å². The molecule has 1 aromatic heterocycles. The lowest BCUT2D eigenvalue weighted by Crippen LogP contribution is -2.54. The number of aromatic nitrogens is 1. The average molecular weight is 251 g/mol. The molecule has 5 nitrogen and oxygen atoms in total. The number of hydrogen-bond donors (Lipinski definition) is 1. The average Bonchev–Trinajstić information content (AvgIpc) is 2.85. The summed E-state index contributed by atoms with van der Waals surface area (Å²) in [6.45, 7) is 6.76. The van der Waals surface area contributed by atoms with Crippen LogP contribution in [0, 0.1) is 0 Å². The molecule has 1 aliphatic rings. The zero-order valence-electron chi connectivity index (χ0n) is 11.0. The summed E-state index contributed by atoms with van der Waals surface area (Å²) in [5.74, 6) is 0. The Hall–Kier alpha value is -1.49. The number of carbonyl (C=O) groups excluding carboxylic acids is 1. The summed E-state index contributed by atoms with van der Waals surface area (Å²) in [5, 5.41) is 2.95. The number of ether oxygens (including phenoxy) is 1. The van der Waals surface area contributed by atoms with Gasteiger partial charge in [-0.3, -0.25) is 0 Å². The summed E-state index contributed by atoms with van der Waals surface area (Å²) in [4.78, 5) is 13.9. The van der Waals surface area contributed by atoms with Gasteiger partial charge in [0, 0.05) is 32.0 Å². The Morgan fingerprint density at radius 2 is 2.11 bits per heavy atom. The van der Waals surface area contributed by atoms with Gasteiger partial charge in [0.05, 0.1) is 18.8 Å². The maximum Gasteiger partial charge on any atom is 0.317 e. The second-order valence-corrected chi connectivity index (χ2v) is 4.66. The van der Waals surface area contributed by atoms with Crippen molar-refractivity contribution in [1.82, 2.24) is 14.8 Å². The number of nitrogens with zero attached hydrogens (tertiary/aromatic N) is 2. The highest BCUT2D eigenvalue weighted by atomic mass is 16.5. The van der Waals surface area contributed by atoms with Crippen LogP contribution in [0.5, 0.6) is 0 Å². The predicted molar refractivity (Wildman–Crippen MR) is 69.4 cm³/mol. The summed E-state index contributed by atoms with van der Waals surface area (Å²) in [6.07, 6.45) is 4.09. The van der Waals surface area contributed by atoms with Crippen LogP contribution < -0.4 is 5.32 Å². The molecule has 0 aromatic carbocycles. The lowest BCUT2D eigenvalue weighted by Gasteiger charge is -2.37. The van der Waals surface area contributed by atoms with Gasteiger partial charge >= 0.3 is 6.03 Å². The van der Waals surface area contributed by atoms with Crippen molar-refractivity contribution >= 4 is 6.03 Å². The van der Waals surface area contributed by atoms with Crippen LogP contribution in [-0.4, -0.2) is 47.3 Å². The van der Waals surface area contributed by atoms with Gasteiger partial charge in [0.2, 0.25) is 0 Å². The normalized spacial score (nSPS) is 24.0. The summed E-state index contributed by atoms with van der Waals surface area (Å²) >= 11 is 0. The summed E-state index contributed by atoms with van der Waals surface area (Å²) in [7, 11) is 0. The van der Waals surface area contributed by atoms with Crippen molar-refractivity contribution in [3.63, 3.8) is 0 Å². The maximum atomic E-state index is 12.0. The van der Waals surface area contributed by atoms with Gasteiger partial charge in [0.15, 0.2) is 0 Å². The van der Waals surface area contributed by atoms with Crippen molar-refractivity contribution in [2.45, 2.75) is 32.5 Å². The van der Waals surface area contributed by atoms with Crippen molar-refractivity contribution in [2.75, 3.05) is 19.7 Å². The summed E-state index contributed by atoms with van der Waals surface area (Å²) in [5.41, 5.74) is 0. The lowest BCUT2D eigenvalue weighted by molar-refractivity contribution is -0.0376. The summed E-state index contributed by atoms with van der Waals surface area (Å²) in [6, 6.07) is 4.09. The third-order valence-corrected chi connectivity index (χ3v) is 3.46. The van der Waals surface area contributed by atoms with Gasteiger partial charge in [-0.1, -0.05) is 0 Å². The van der Waals surface area contributed by atoms with E-state index in [0.717, 1.165) is 6.54 Å². The molecule has 2 amide bonds. The molecule has 0 saturated carbocycles. The van der Waals surface area contributed by atoms with E-state index in [0.29, 0.717) is 19.7 Å². The van der Waals surface area contributed by atoms with Crippen LogP contribution in [0.3, 0.4) is 0 Å². The molecule has 0 spiro atoms. The van der Waals surface area contributed by atoms with Crippen LogP contribution in [-0.2, 0) is 11.3 Å². The van der Waals surface area contributed by atoms with E-state index in [-0.39, 0.29) is 18.2 Å². The van der Waals surface area contributed by atoms with Crippen LogP contribution in [0.1, 0.15) is 13.8 Å². The minimum absolute atomic E-state index is 0.00445. The zero-order chi connectivity index (χ0) is 13.0. The van der Waals surface area contributed by atoms with E-state index in [4.69, 9.17) is 4.74 Å². The van der Waals surface area contributed by atoms with Crippen LogP contribution in [0.4, 0.5) is 4.79 Å². The standard InChI is InChI=1S/C13H21N3O2/c1-11-12(2)18-10-9-16(11)13(17)14-5-8-15-6-3-4-7-15/h3-4,6-7,11-12H,5,8-10H2,1-2H3,(H,14,17). The molecule has 0 aliphatic carbocycles. The first-order valence-electron chi connectivity index (χ1n) is 6.45. The first kappa shape index (κ1) is 13.0. The third kappa shape index (κ3) is 3.04. The highest BCUT2D eigenvalue weighted by Crippen LogP contribution is 2.13. The molecule has 1 saturated heterocycles. The molecule has 18 heavy (non-hydrogen) atoms. The van der Waals surface area contributed by atoms with Crippen molar-refractivity contribution in [3.8, 4) is 0 Å². The molecule has 0 bridgehead atoms. The van der Waals surface area contributed by atoms with Gasteiger partial charge in [0.1, 0.15) is 0 Å². The molecule has 1 N–H and O–H groups in total. The van der Waals surface area contributed by atoms with E-state index >= 15 is 0 Å². The molecule has 100 valence electrons. The number of nitrogens with one attached hydrogen (secondary N) is 1. The molecule has 1 fully saturated rings. The predicted octanol–water partition coefficient (Wildman–Crippen LogP) is 1.31. The number of urea groups is 1. The van der Waals surface area contributed by atoms with Crippen LogP contribution in [0.2, 0.25) is 0 Å². The molecule has 2 atom stereocenters. The molecule has 5 heteroatoms. The Bertz CT molecular complexity index is 378. The van der Waals surface area contributed by atoms with Gasteiger partial charge < -0.3 is 19.5 Å². The molecule has 0 radical (unpaired) electrons. The fourth-order valence-corrected chi connectivity index (χ4v) is 2.13. The van der Waals surface area contributed by atoms with E-state index in [9.17, 15) is 4.79 Å². The highest BCUT2D eigenvalue weighted by Gasteiger charge is 2.28. The maximum absolute atomic E-state index is 12.0. The Morgan fingerprint density at radius 3 is 2.83 bits per heavy atom. The quantitative estimate of drug-likeness (QED) is 0.880. The Balaban J connectivity index is 1.77. The van der Waals surface area contributed by atoms with Gasteiger partial charge in [-0.15, -0.1) is 0 Å². The second-order valence-electron chi connectivity index (χ2n) is 4.66. The fraction of sp³-hybridized carbons (Fsp3) is 0.615. The Kier molecular flexibility index (Phi) is 4.25. The molecule has 1 aromatic rings. The molecule has 1 aliphatic heterocycles. The number of amides is 2. The molecular formula is C13H21N3O2. The van der Waals surface area contributed by atoms with Crippen LogP contribution in [0.15, 0.2) is 24.5 Å². The highest BCUT2D eigenvalue weighted by molar-refractivity contribution is 5.74. The van der Waals surface area contributed by atoms with E-state index in [1.54, 1.807) is 0 Å². The molecule has 2 heterocycles. The number of rotatable bonds is 3. The first-order chi connectivity index (χ1) is 8.68. The lowest BCUT2D eigenvalue weighted by atomic mass is 10.1. The Labute approximate surface area is 108 Å². The molecular weight excluding hydrogens is 230 g/mol. The van der Waals surface area contributed by atoms with E-state index in [1.807, 2.05) is 47.8 Å². The van der Waals surface area contributed by atoms with Gasteiger partial charge in [-0.25, -0.2) is 4.79 Å². The van der Waals surface area contributed by atoms with Crippen molar-refractivity contribution < 1.29 is 9.53 Å². The zero-order valence-corrected chi connectivity index (χ0v) is 11.0. The third-order valence-electron chi connectivity index (χ3n) is 3.46. The first-order valence-corrected chi connectivity index (χ1v) is 6.45. The largest absolute Gasteiger partial charge is 0.375 e.